The molecule has 1 heterocycles. The number of benzene rings is 1. The van der Waals surface area contributed by atoms with Gasteiger partial charge in [-0.15, -0.1) is 0 Å². The highest BCUT2D eigenvalue weighted by Crippen LogP contribution is 2.22. The maximum Gasteiger partial charge on any atom is 0.238 e. The van der Waals surface area contributed by atoms with Gasteiger partial charge in [0.1, 0.15) is 5.75 Å². The van der Waals surface area contributed by atoms with Crippen LogP contribution in [0.2, 0.25) is 0 Å². The number of morpholine rings is 1. The van der Waals surface area contributed by atoms with Gasteiger partial charge in [0, 0.05) is 13.1 Å². The standard InChI is InChI=1S/C16H25N3O3/c1-21-15-6-3-2-5-14(15)18-16(20)13-17-7-4-8-19-9-11-22-12-10-19/h2-3,5-6,17H,4,7-13H2,1H3,(H,18,20). The monoisotopic (exact) mass is 307 g/mol. The number of hydrogen-bond acceptors (Lipinski definition) is 5. The van der Waals surface area contributed by atoms with E-state index in [1.807, 2.05) is 24.3 Å². The normalized spacial score (nSPS) is 15.5. The Morgan fingerprint density at radius 3 is 2.86 bits per heavy atom. The fraction of sp³-hybridized carbons (Fsp3) is 0.562. The summed E-state index contributed by atoms with van der Waals surface area (Å²) >= 11 is 0. The number of carbonyl (C=O) groups excluding carboxylic acids is 1. The van der Waals surface area contributed by atoms with Crippen molar-refractivity contribution in [2.75, 3.05) is 58.4 Å². The van der Waals surface area contributed by atoms with E-state index in [0.29, 0.717) is 18.0 Å². The summed E-state index contributed by atoms with van der Waals surface area (Å²) < 4.78 is 10.5. The molecule has 1 saturated heterocycles. The summed E-state index contributed by atoms with van der Waals surface area (Å²) in [6.45, 7) is 5.86. The maximum atomic E-state index is 11.9. The van der Waals surface area contributed by atoms with Gasteiger partial charge in [0.15, 0.2) is 0 Å². The van der Waals surface area contributed by atoms with Crippen LogP contribution in [0.1, 0.15) is 6.42 Å². The van der Waals surface area contributed by atoms with Crippen LogP contribution in [0, 0.1) is 0 Å². The number of anilines is 1. The van der Waals surface area contributed by atoms with Crippen molar-refractivity contribution >= 4 is 11.6 Å². The summed E-state index contributed by atoms with van der Waals surface area (Å²) in [6.07, 6.45) is 1.03. The Morgan fingerprint density at radius 1 is 1.32 bits per heavy atom. The van der Waals surface area contributed by atoms with Crippen molar-refractivity contribution in [3.8, 4) is 5.75 Å². The quantitative estimate of drug-likeness (QED) is 0.700. The molecule has 0 saturated carbocycles. The fourth-order valence-corrected chi connectivity index (χ4v) is 2.40. The molecule has 0 spiro atoms. The molecule has 0 aliphatic carbocycles. The van der Waals surface area contributed by atoms with Crippen LogP contribution < -0.4 is 15.4 Å². The van der Waals surface area contributed by atoms with E-state index in [1.54, 1.807) is 7.11 Å². The van der Waals surface area contributed by atoms with E-state index in [1.165, 1.54) is 0 Å². The van der Waals surface area contributed by atoms with Gasteiger partial charge in [-0.05, 0) is 31.6 Å². The number of rotatable bonds is 8. The van der Waals surface area contributed by atoms with Crippen LogP contribution in [0.5, 0.6) is 5.75 Å². The van der Waals surface area contributed by atoms with Crippen molar-refractivity contribution < 1.29 is 14.3 Å². The minimum Gasteiger partial charge on any atom is -0.495 e. The zero-order valence-electron chi connectivity index (χ0n) is 13.1. The largest absolute Gasteiger partial charge is 0.495 e. The Hall–Kier alpha value is -1.63. The van der Waals surface area contributed by atoms with Crippen LogP contribution in [0.4, 0.5) is 5.69 Å². The van der Waals surface area contributed by atoms with E-state index >= 15 is 0 Å². The highest BCUT2D eigenvalue weighted by atomic mass is 16.5. The minimum atomic E-state index is -0.0594. The van der Waals surface area contributed by atoms with E-state index in [4.69, 9.17) is 9.47 Å². The van der Waals surface area contributed by atoms with Crippen LogP contribution in [0.25, 0.3) is 0 Å². The second-order valence-corrected chi connectivity index (χ2v) is 5.23. The fourth-order valence-electron chi connectivity index (χ4n) is 2.40. The molecule has 122 valence electrons. The van der Waals surface area contributed by atoms with Crippen LogP contribution in [0.15, 0.2) is 24.3 Å². The number of hydrogen-bond donors (Lipinski definition) is 2. The van der Waals surface area contributed by atoms with Gasteiger partial charge in [0.2, 0.25) is 5.91 Å². The molecule has 22 heavy (non-hydrogen) atoms. The molecule has 0 unspecified atom stereocenters. The first-order valence-electron chi connectivity index (χ1n) is 7.73. The van der Waals surface area contributed by atoms with E-state index < -0.39 is 0 Å². The second-order valence-electron chi connectivity index (χ2n) is 5.23. The average molecular weight is 307 g/mol. The predicted molar refractivity (Wildman–Crippen MR) is 86.4 cm³/mol. The number of ether oxygens (including phenoxy) is 2. The zero-order chi connectivity index (χ0) is 15.6. The van der Waals surface area contributed by atoms with Gasteiger partial charge in [-0.2, -0.15) is 0 Å². The highest BCUT2D eigenvalue weighted by Gasteiger charge is 2.09. The molecule has 2 rings (SSSR count). The Bertz CT molecular complexity index is 462. The molecule has 1 fully saturated rings. The SMILES string of the molecule is COc1ccccc1NC(=O)CNCCCN1CCOCC1. The van der Waals surface area contributed by atoms with E-state index in [0.717, 1.165) is 45.8 Å². The molecule has 0 radical (unpaired) electrons. The molecular formula is C16H25N3O3. The average Bonchev–Trinajstić information content (AvgIpc) is 2.56. The molecule has 2 N–H and O–H groups in total. The Labute approximate surface area is 131 Å². The number of nitrogens with zero attached hydrogens (tertiary/aromatic N) is 1. The number of amides is 1. The third kappa shape index (κ3) is 5.63. The van der Waals surface area contributed by atoms with Gasteiger partial charge >= 0.3 is 0 Å². The van der Waals surface area contributed by atoms with Crippen molar-refractivity contribution in [1.29, 1.82) is 0 Å². The Morgan fingerprint density at radius 2 is 2.09 bits per heavy atom. The summed E-state index contributed by atoms with van der Waals surface area (Å²) in [5.74, 6) is 0.610. The smallest absolute Gasteiger partial charge is 0.238 e. The van der Waals surface area contributed by atoms with Gasteiger partial charge in [0.25, 0.3) is 0 Å². The van der Waals surface area contributed by atoms with Crippen molar-refractivity contribution in [2.24, 2.45) is 0 Å². The van der Waals surface area contributed by atoms with Gasteiger partial charge in [-0.25, -0.2) is 0 Å². The lowest BCUT2D eigenvalue weighted by atomic mass is 10.3. The molecule has 1 aromatic carbocycles. The second kappa shape index (κ2) is 9.40. The maximum absolute atomic E-state index is 11.9. The summed E-state index contributed by atoms with van der Waals surface area (Å²) in [5.41, 5.74) is 0.699. The Kier molecular flexibility index (Phi) is 7.15. The molecule has 1 aliphatic rings. The van der Waals surface area contributed by atoms with Gasteiger partial charge < -0.3 is 20.1 Å². The lowest BCUT2D eigenvalue weighted by molar-refractivity contribution is -0.115. The van der Waals surface area contributed by atoms with Crippen molar-refractivity contribution in [2.45, 2.75) is 6.42 Å². The van der Waals surface area contributed by atoms with E-state index in [2.05, 4.69) is 15.5 Å². The van der Waals surface area contributed by atoms with Gasteiger partial charge in [0.05, 0.1) is 32.6 Å². The number of carbonyl (C=O) groups is 1. The third-order valence-electron chi connectivity index (χ3n) is 3.60. The molecule has 0 atom stereocenters. The van der Waals surface area contributed by atoms with E-state index in [-0.39, 0.29) is 5.91 Å². The topological polar surface area (TPSA) is 62.8 Å². The first-order chi connectivity index (χ1) is 10.8. The summed E-state index contributed by atoms with van der Waals surface area (Å²) in [7, 11) is 1.59. The summed E-state index contributed by atoms with van der Waals surface area (Å²) in [6, 6.07) is 7.40. The zero-order valence-corrected chi connectivity index (χ0v) is 13.1. The lowest BCUT2D eigenvalue weighted by Crippen LogP contribution is -2.38. The molecule has 1 aromatic rings. The molecule has 0 aromatic heterocycles. The number of para-hydroxylation sites is 2. The lowest BCUT2D eigenvalue weighted by Gasteiger charge is -2.26. The molecule has 1 amide bonds. The highest BCUT2D eigenvalue weighted by molar-refractivity contribution is 5.93. The molecule has 6 heteroatoms. The predicted octanol–water partition coefficient (Wildman–Crippen LogP) is 0.946. The first-order valence-corrected chi connectivity index (χ1v) is 7.73. The molecule has 6 nitrogen and oxygen atoms in total. The van der Waals surface area contributed by atoms with Crippen LogP contribution in [0.3, 0.4) is 0 Å². The van der Waals surface area contributed by atoms with Crippen molar-refractivity contribution in [3.63, 3.8) is 0 Å². The van der Waals surface area contributed by atoms with Crippen molar-refractivity contribution in [3.05, 3.63) is 24.3 Å². The number of methoxy groups -OCH3 is 1. The molecular weight excluding hydrogens is 282 g/mol. The Balaban J connectivity index is 1.59. The molecule has 1 aliphatic heterocycles. The van der Waals surface area contributed by atoms with E-state index in [9.17, 15) is 4.79 Å². The summed E-state index contributed by atoms with van der Waals surface area (Å²) in [5, 5.41) is 6.02. The van der Waals surface area contributed by atoms with Crippen LogP contribution >= 0.6 is 0 Å². The summed E-state index contributed by atoms with van der Waals surface area (Å²) in [4.78, 5) is 14.3. The van der Waals surface area contributed by atoms with Gasteiger partial charge in [-0.3, -0.25) is 9.69 Å². The minimum absolute atomic E-state index is 0.0594. The number of nitrogens with one attached hydrogen (secondary N) is 2. The van der Waals surface area contributed by atoms with Crippen molar-refractivity contribution in [1.82, 2.24) is 10.2 Å². The van der Waals surface area contributed by atoms with Crippen LogP contribution in [-0.2, 0) is 9.53 Å². The van der Waals surface area contributed by atoms with Crippen LogP contribution in [-0.4, -0.2) is 63.9 Å². The van der Waals surface area contributed by atoms with Gasteiger partial charge in [-0.1, -0.05) is 12.1 Å². The first kappa shape index (κ1) is 16.7. The third-order valence-corrected chi connectivity index (χ3v) is 3.60. The molecule has 0 bridgehead atoms.